The standard InChI is InChI=1S/C25H29N3O3/c1-15-8-6-7-9-17(15)21-11-10-18-19(24(29)28-13-25(3,14-28)30-5)12-20-22(23(18)31-21)26-16(2)27(20)4/h6-9,12,21H,10-11,13-14H2,1-5H3/t21-/m0/s1. The summed E-state index contributed by atoms with van der Waals surface area (Å²) < 4.78 is 14.2. The molecule has 1 saturated heterocycles. The summed E-state index contributed by atoms with van der Waals surface area (Å²) in [5.41, 5.74) is 5.64. The van der Waals surface area contributed by atoms with Crippen LogP contribution in [0, 0.1) is 13.8 Å². The van der Waals surface area contributed by atoms with Gasteiger partial charge in [0.1, 0.15) is 23.0 Å². The Kier molecular flexibility index (Phi) is 4.59. The predicted molar refractivity (Wildman–Crippen MR) is 120 cm³/mol. The minimum absolute atomic E-state index is 0.0367. The van der Waals surface area contributed by atoms with E-state index >= 15 is 0 Å². The molecule has 0 unspecified atom stereocenters. The Morgan fingerprint density at radius 3 is 2.71 bits per heavy atom. The Hall–Kier alpha value is -2.86. The van der Waals surface area contributed by atoms with Crippen LogP contribution in [0.5, 0.6) is 5.75 Å². The summed E-state index contributed by atoms with van der Waals surface area (Å²) in [5.74, 6) is 1.71. The van der Waals surface area contributed by atoms with Crippen molar-refractivity contribution in [2.45, 2.75) is 45.3 Å². The van der Waals surface area contributed by atoms with E-state index < -0.39 is 0 Å². The molecule has 0 N–H and O–H groups in total. The van der Waals surface area contributed by atoms with Gasteiger partial charge in [0.05, 0.1) is 18.6 Å². The molecule has 2 aromatic carbocycles. The van der Waals surface area contributed by atoms with E-state index in [1.54, 1.807) is 7.11 Å². The van der Waals surface area contributed by atoms with Gasteiger partial charge in [-0.05, 0) is 50.8 Å². The molecule has 1 amide bonds. The third-order valence-electron chi connectivity index (χ3n) is 6.97. The first-order valence-electron chi connectivity index (χ1n) is 10.9. The highest BCUT2D eigenvalue weighted by atomic mass is 16.5. The van der Waals surface area contributed by atoms with E-state index in [-0.39, 0.29) is 17.6 Å². The van der Waals surface area contributed by atoms with Gasteiger partial charge in [-0.2, -0.15) is 0 Å². The number of methoxy groups -OCH3 is 1. The number of rotatable bonds is 3. The lowest BCUT2D eigenvalue weighted by Gasteiger charge is -2.47. The number of amides is 1. The molecule has 0 bridgehead atoms. The van der Waals surface area contributed by atoms with Gasteiger partial charge in [-0.25, -0.2) is 4.98 Å². The number of benzene rings is 2. The van der Waals surface area contributed by atoms with Crippen molar-refractivity contribution < 1.29 is 14.3 Å². The maximum Gasteiger partial charge on any atom is 0.254 e. The Bertz CT molecular complexity index is 1190. The number of aromatic nitrogens is 2. The smallest absolute Gasteiger partial charge is 0.254 e. The molecule has 1 atom stereocenters. The number of imidazole rings is 1. The molecule has 5 rings (SSSR count). The molecule has 162 valence electrons. The zero-order chi connectivity index (χ0) is 21.9. The van der Waals surface area contributed by atoms with Gasteiger partial charge in [-0.15, -0.1) is 0 Å². The number of carbonyl (C=O) groups excluding carboxylic acids is 1. The third kappa shape index (κ3) is 3.12. The maximum absolute atomic E-state index is 13.5. The number of likely N-dealkylation sites (tertiary alicyclic amines) is 1. The second kappa shape index (κ2) is 7.09. The molecule has 0 saturated carbocycles. The van der Waals surface area contributed by atoms with Crippen molar-refractivity contribution in [2.75, 3.05) is 20.2 Å². The van der Waals surface area contributed by atoms with Crippen molar-refractivity contribution in [3.8, 4) is 5.75 Å². The lowest BCUT2D eigenvalue weighted by atomic mass is 9.90. The summed E-state index contributed by atoms with van der Waals surface area (Å²) in [5, 5.41) is 0. The fourth-order valence-electron chi connectivity index (χ4n) is 4.86. The summed E-state index contributed by atoms with van der Waals surface area (Å²) in [6, 6.07) is 10.3. The summed E-state index contributed by atoms with van der Waals surface area (Å²) in [4.78, 5) is 20.1. The van der Waals surface area contributed by atoms with Crippen LogP contribution in [0.3, 0.4) is 0 Å². The number of carbonyl (C=O) groups is 1. The Balaban J connectivity index is 1.59. The molecule has 6 heteroatoms. The van der Waals surface area contributed by atoms with Gasteiger partial charge < -0.3 is 18.9 Å². The molecule has 3 aromatic rings. The zero-order valence-electron chi connectivity index (χ0n) is 18.9. The van der Waals surface area contributed by atoms with Crippen LogP contribution in [-0.2, 0) is 18.2 Å². The normalized spacial score (nSPS) is 19.6. The monoisotopic (exact) mass is 419 g/mol. The molecule has 6 nitrogen and oxygen atoms in total. The van der Waals surface area contributed by atoms with Gasteiger partial charge in [-0.1, -0.05) is 24.3 Å². The minimum Gasteiger partial charge on any atom is -0.483 e. The Morgan fingerprint density at radius 1 is 1.26 bits per heavy atom. The van der Waals surface area contributed by atoms with Crippen molar-refractivity contribution in [1.29, 1.82) is 0 Å². The number of hydrogen-bond donors (Lipinski definition) is 0. The first-order valence-corrected chi connectivity index (χ1v) is 10.9. The second-order valence-electron chi connectivity index (χ2n) is 9.13. The van der Waals surface area contributed by atoms with Crippen molar-refractivity contribution in [1.82, 2.24) is 14.5 Å². The molecule has 2 aliphatic rings. The SMILES string of the molecule is COC1(C)CN(C(=O)c2cc3c(nc(C)n3C)c3c2CC[C@@H](c2ccccc2C)O3)C1. The van der Waals surface area contributed by atoms with Gasteiger partial charge in [0.15, 0.2) is 5.75 Å². The van der Waals surface area contributed by atoms with Crippen LogP contribution >= 0.6 is 0 Å². The van der Waals surface area contributed by atoms with E-state index in [0.717, 1.165) is 46.6 Å². The highest BCUT2D eigenvalue weighted by Gasteiger charge is 2.43. The van der Waals surface area contributed by atoms with Crippen molar-refractivity contribution in [3.63, 3.8) is 0 Å². The Morgan fingerprint density at radius 2 is 2.00 bits per heavy atom. The molecule has 31 heavy (non-hydrogen) atoms. The molecule has 1 aromatic heterocycles. The second-order valence-corrected chi connectivity index (χ2v) is 9.13. The summed E-state index contributed by atoms with van der Waals surface area (Å²) in [7, 11) is 3.69. The quantitative estimate of drug-likeness (QED) is 0.641. The van der Waals surface area contributed by atoms with E-state index in [1.165, 1.54) is 11.1 Å². The molecule has 0 spiro atoms. The fourth-order valence-corrected chi connectivity index (χ4v) is 4.86. The van der Waals surface area contributed by atoms with Gasteiger partial charge in [-0.3, -0.25) is 4.79 Å². The van der Waals surface area contributed by atoms with E-state index in [1.807, 2.05) is 42.5 Å². The highest BCUT2D eigenvalue weighted by molar-refractivity contribution is 6.02. The van der Waals surface area contributed by atoms with Crippen LogP contribution in [0.15, 0.2) is 30.3 Å². The average molecular weight is 420 g/mol. The van der Waals surface area contributed by atoms with Crippen LogP contribution in [0.4, 0.5) is 0 Å². The van der Waals surface area contributed by atoms with Crippen LogP contribution < -0.4 is 4.74 Å². The molecular formula is C25H29N3O3. The lowest BCUT2D eigenvalue weighted by Crippen LogP contribution is -2.62. The van der Waals surface area contributed by atoms with E-state index in [4.69, 9.17) is 14.5 Å². The lowest BCUT2D eigenvalue weighted by molar-refractivity contribution is -0.0948. The number of hydrogen-bond acceptors (Lipinski definition) is 4. The zero-order valence-corrected chi connectivity index (χ0v) is 18.9. The topological polar surface area (TPSA) is 56.6 Å². The Labute approximate surface area is 182 Å². The third-order valence-corrected chi connectivity index (χ3v) is 6.97. The van der Waals surface area contributed by atoms with Gasteiger partial charge in [0.25, 0.3) is 5.91 Å². The maximum atomic E-state index is 13.5. The fraction of sp³-hybridized carbons (Fsp3) is 0.440. The predicted octanol–water partition coefficient (Wildman–Crippen LogP) is 4.12. The minimum atomic E-state index is -0.255. The van der Waals surface area contributed by atoms with Crippen molar-refractivity contribution in [3.05, 3.63) is 58.4 Å². The number of ether oxygens (including phenoxy) is 2. The van der Waals surface area contributed by atoms with Crippen LogP contribution in [0.1, 0.15) is 52.3 Å². The van der Waals surface area contributed by atoms with Gasteiger partial charge in [0, 0.05) is 25.3 Å². The molecular weight excluding hydrogens is 390 g/mol. The highest BCUT2D eigenvalue weighted by Crippen LogP contribution is 2.43. The summed E-state index contributed by atoms with van der Waals surface area (Å²) in [6.45, 7) is 7.34. The number of fused-ring (bicyclic) bond motifs is 3. The molecule has 2 aliphatic heterocycles. The van der Waals surface area contributed by atoms with Gasteiger partial charge >= 0.3 is 0 Å². The van der Waals surface area contributed by atoms with Gasteiger partial charge in [0.2, 0.25) is 0 Å². The van der Waals surface area contributed by atoms with Crippen molar-refractivity contribution >= 4 is 16.9 Å². The molecule has 0 radical (unpaired) electrons. The van der Waals surface area contributed by atoms with E-state index in [9.17, 15) is 4.79 Å². The van der Waals surface area contributed by atoms with E-state index in [0.29, 0.717) is 13.1 Å². The van der Waals surface area contributed by atoms with Crippen LogP contribution in [0.2, 0.25) is 0 Å². The number of nitrogens with zero attached hydrogens (tertiary/aromatic N) is 3. The molecule has 1 fully saturated rings. The number of aryl methyl sites for hydroxylation is 3. The summed E-state index contributed by atoms with van der Waals surface area (Å²) >= 11 is 0. The summed E-state index contributed by atoms with van der Waals surface area (Å²) in [6.07, 6.45) is 1.59. The van der Waals surface area contributed by atoms with E-state index in [2.05, 4.69) is 25.1 Å². The first kappa shape index (κ1) is 20.1. The molecule has 0 aliphatic carbocycles. The first-order chi connectivity index (χ1) is 14.8. The van der Waals surface area contributed by atoms with Crippen LogP contribution in [-0.4, -0.2) is 46.2 Å². The molecule has 3 heterocycles. The largest absolute Gasteiger partial charge is 0.483 e. The average Bonchev–Trinajstić information content (AvgIpc) is 3.04. The van der Waals surface area contributed by atoms with Crippen molar-refractivity contribution in [2.24, 2.45) is 7.05 Å². The van der Waals surface area contributed by atoms with Crippen LogP contribution in [0.25, 0.3) is 11.0 Å².